The molecule has 2 nitrogen and oxygen atoms in total. The molecule has 0 spiro atoms. The summed E-state index contributed by atoms with van der Waals surface area (Å²) in [7, 11) is 1.41. The normalized spacial score (nSPS) is 14.0. The van der Waals surface area contributed by atoms with E-state index in [-0.39, 0.29) is 4.90 Å². The maximum Gasteiger partial charge on any atom is 0.416 e. The van der Waals surface area contributed by atoms with Crippen LogP contribution in [0.1, 0.15) is 5.56 Å². The molecule has 0 aliphatic rings. The maximum absolute atomic E-state index is 12.3. The molecule has 0 aromatic heterocycles. The molecule has 0 amide bonds. The smallest absolute Gasteiger partial charge is 0.416 e. The Morgan fingerprint density at radius 2 is 2.00 bits per heavy atom. The molecule has 0 saturated carbocycles. The van der Waals surface area contributed by atoms with Crippen LogP contribution in [-0.4, -0.2) is 11.6 Å². The molecule has 1 rings (SSSR count). The van der Waals surface area contributed by atoms with Crippen molar-refractivity contribution in [3.8, 4) is 0 Å². The van der Waals surface area contributed by atoms with Gasteiger partial charge in [0, 0.05) is 13.1 Å². The van der Waals surface area contributed by atoms with Gasteiger partial charge in [0.25, 0.3) is 0 Å². The van der Waals surface area contributed by atoms with Crippen molar-refractivity contribution in [1.29, 1.82) is 0 Å². The fourth-order valence-electron chi connectivity index (χ4n) is 0.932. The second-order valence-corrected chi connectivity index (χ2v) is 4.86. The highest BCUT2D eigenvalue weighted by atomic mass is 79.9. The fraction of sp³-hybridized carbons (Fsp3) is 0.250. The lowest BCUT2D eigenvalue weighted by molar-refractivity contribution is -0.137. The standard InChI is InChI=1S/C8H7BrF3NOS/c1-13-15(14)7-4-5(8(10,11)12)2-3-6(7)9/h2-4,13H,1H3. The van der Waals surface area contributed by atoms with Crippen molar-refractivity contribution >= 4 is 27.3 Å². The van der Waals surface area contributed by atoms with Gasteiger partial charge in [-0.1, -0.05) is 0 Å². The Balaban J connectivity index is 3.17. The average molecular weight is 302 g/mol. The topological polar surface area (TPSA) is 35.1 Å². The molecule has 0 saturated heterocycles. The molecule has 0 aliphatic carbocycles. The lowest BCUT2D eigenvalue weighted by Crippen LogP contribution is -2.20. The van der Waals surface area contributed by atoms with E-state index in [0.717, 1.165) is 12.1 Å². The van der Waals surface area contributed by atoms with Crippen molar-refractivity contribution < 1.29 is 17.7 Å². The average Bonchev–Trinajstić information content (AvgIpc) is 2.15. The van der Waals surface area contributed by atoms with Crippen molar-refractivity contribution in [3.05, 3.63) is 28.2 Å². The number of hydrogen-bond donors (Lipinski definition) is 1. The monoisotopic (exact) mass is 301 g/mol. The summed E-state index contributed by atoms with van der Waals surface area (Å²) in [5, 5.41) is 0. The van der Waals surface area contributed by atoms with Crippen LogP contribution in [0.4, 0.5) is 13.2 Å². The Morgan fingerprint density at radius 1 is 1.40 bits per heavy atom. The van der Waals surface area contributed by atoms with E-state index in [1.807, 2.05) is 0 Å². The molecule has 1 atom stereocenters. The third-order valence-electron chi connectivity index (χ3n) is 1.64. The maximum atomic E-state index is 12.3. The first-order chi connectivity index (χ1) is 6.86. The van der Waals surface area contributed by atoms with Crippen molar-refractivity contribution in [2.45, 2.75) is 11.1 Å². The summed E-state index contributed by atoms with van der Waals surface area (Å²) >= 11 is 1.39. The molecule has 84 valence electrons. The molecular weight excluding hydrogens is 295 g/mol. The van der Waals surface area contributed by atoms with E-state index in [4.69, 9.17) is 0 Å². The summed E-state index contributed by atoms with van der Waals surface area (Å²) in [4.78, 5) is 0.0762. The van der Waals surface area contributed by atoms with E-state index in [2.05, 4.69) is 20.7 Å². The highest BCUT2D eigenvalue weighted by molar-refractivity contribution is 9.10. The van der Waals surface area contributed by atoms with Crippen LogP contribution in [0.3, 0.4) is 0 Å². The van der Waals surface area contributed by atoms with Crippen molar-refractivity contribution in [3.63, 3.8) is 0 Å². The molecule has 1 aromatic rings. The van der Waals surface area contributed by atoms with Gasteiger partial charge < -0.3 is 4.55 Å². The Hall–Kier alpha value is -0.240. The third-order valence-corrected chi connectivity index (χ3v) is 3.71. The van der Waals surface area contributed by atoms with Crippen LogP contribution in [0.25, 0.3) is 0 Å². The first kappa shape index (κ1) is 12.8. The summed E-state index contributed by atoms with van der Waals surface area (Å²) in [5.74, 6) is 0. The van der Waals surface area contributed by atoms with Gasteiger partial charge in [0.15, 0.2) is 4.90 Å². The second kappa shape index (κ2) is 4.73. The minimum Gasteiger partial charge on any atom is -0.593 e. The van der Waals surface area contributed by atoms with Gasteiger partial charge in [0.05, 0.1) is 21.4 Å². The first-order valence-corrected chi connectivity index (χ1v) is 5.76. The van der Waals surface area contributed by atoms with Crippen molar-refractivity contribution in [2.24, 2.45) is 0 Å². The van der Waals surface area contributed by atoms with E-state index in [1.54, 1.807) is 0 Å². The van der Waals surface area contributed by atoms with Gasteiger partial charge in [0.1, 0.15) is 0 Å². The largest absolute Gasteiger partial charge is 0.593 e. The quantitative estimate of drug-likeness (QED) is 0.853. The minimum absolute atomic E-state index is 0.0762. The van der Waals surface area contributed by atoms with E-state index >= 15 is 0 Å². The summed E-state index contributed by atoms with van der Waals surface area (Å²) in [6.45, 7) is 0. The molecular formula is C8H7BrF3NOS. The lowest BCUT2D eigenvalue weighted by atomic mass is 10.2. The number of rotatable bonds is 2. The molecule has 0 heterocycles. The van der Waals surface area contributed by atoms with Crippen molar-refractivity contribution in [1.82, 2.24) is 4.72 Å². The fourth-order valence-corrected chi connectivity index (χ4v) is 2.32. The van der Waals surface area contributed by atoms with Crippen LogP contribution in [-0.2, 0) is 17.5 Å². The van der Waals surface area contributed by atoms with Crippen LogP contribution < -0.4 is 4.72 Å². The molecule has 7 heteroatoms. The Morgan fingerprint density at radius 3 is 2.47 bits per heavy atom. The Kier molecular flexibility index (Phi) is 4.05. The van der Waals surface area contributed by atoms with Crippen LogP contribution >= 0.6 is 15.9 Å². The molecule has 0 fully saturated rings. The second-order valence-electron chi connectivity index (χ2n) is 2.62. The van der Waals surface area contributed by atoms with Gasteiger partial charge in [-0.3, -0.25) is 0 Å². The summed E-state index contributed by atoms with van der Waals surface area (Å²) in [5.41, 5.74) is -0.815. The van der Waals surface area contributed by atoms with Crippen LogP contribution in [0.5, 0.6) is 0 Å². The van der Waals surface area contributed by atoms with Crippen LogP contribution in [0.2, 0.25) is 0 Å². The van der Waals surface area contributed by atoms with Crippen LogP contribution in [0.15, 0.2) is 27.6 Å². The number of benzene rings is 1. The molecule has 0 bridgehead atoms. The lowest BCUT2D eigenvalue weighted by Gasteiger charge is -2.12. The predicted octanol–water partition coefficient (Wildman–Crippen LogP) is 2.71. The highest BCUT2D eigenvalue weighted by Gasteiger charge is 2.32. The van der Waals surface area contributed by atoms with E-state index < -0.39 is 23.1 Å². The summed E-state index contributed by atoms with van der Waals surface area (Å²) < 4.78 is 51.1. The molecule has 1 unspecified atom stereocenters. The minimum atomic E-state index is -4.42. The van der Waals surface area contributed by atoms with E-state index in [9.17, 15) is 17.7 Å². The zero-order valence-electron chi connectivity index (χ0n) is 7.56. The van der Waals surface area contributed by atoms with Gasteiger partial charge in [-0.2, -0.15) is 13.2 Å². The van der Waals surface area contributed by atoms with Gasteiger partial charge in [-0.15, -0.1) is 4.72 Å². The number of nitrogens with one attached hydrogen (secondary N) is 1. The summed E-state index contributed by atoms with van der Waals surface area (Å²) in [6.07, 6.45) is -4.42. The molecule has 1 N–H and O–H groups in total. The van der Waals surface area contributed by atoms with Crippen molar-refractivity contribution in [2.75, 3.05) is 7.05 Å². The van der Waals surface area contributed by atoms with E-state index in [0.29, 0.717) is 4.47 Å². The zero-order valence-corrected chi connectivity index (χ0v) is 9.96. The van der Waals surface area contributed by atoms with Gasteiger partial charge in [0.2, 0.25) is 0 Å². The predicted molar refractivity (Wildman–Crippen MR) is 54.6 cm³/mol. The molecule has 1 aromatic carbocycles. The molecule has 0 aliphatic heterocycles. The number of hydrogen-bond acceptors (Lipinski definition) is 2. The number of halogens is 4. The third kappa shape index (κ3) is 3.10. The van der Waals surface area contributed by atoms with Gasteiger partial charge in [-0.05, 0) is 28.1 Å². The Labute approximate surface area is 96.3 Å². The Bertz CT molecular complexity index is 358. The van der Waals surface area contributed by atoms with E-state index in [1.165, 1.54) is 13.1 Å². The van der Waals surface area contributed by atoms with Crippen LogP contribution in [0, 0.1) is 0 Å². The first-order valence-electron chi connectivity index (χ1n) is 3.82. The highest BCUT2D eigenvalue weighted by Crippen LogP contribution is 2.33. The van der Waals surface area contributed by atoms with Gasteiger partial charge >= 0.3 is 6.18 Å². The number of alkyl halides is 3. The SMILES string of the molecule is CN[S+]([O-])c1cc(C(F)(F)F)ccc1Br. The van der Waals surface area contributed by atoms with Gasteiger partial charge in [-0.25, -0.2) is 0 Å². The summed E-state index contributed by atoms with van der Waals surface area (Å²) in [6, 6.07) is 3.02. The molecule has 0 radical (unpaired) electrons. The molecule has 15 heavy (non-hydrogen) atoms. The zero-order chi connectivity index (χ0) is 11.6.